The molecule has 0 aliphatic heterocycles. The number of nitrogens with two attached hydrogens (primary N) is 1. The standard InChI is InChI=1S/C10H20N2O2/c1-12(8-7-11)10(13)14-9-5-3-2-4-6-9/h9H,2-8,11H2,1H3. The Hall–Kier alpha value is -0.770. The Morgan fingerprint density at radius 2 is 2.07 bits per heavy atom. The van der Waals surface area contributed by atoms with E-state index in [9.17, 15) is 4.79 Å². The van der Waals surface area contributed by atoms with Gasteiger partial charge in [-0.2, -0.15) is 0 Å². The van der Waals surface area contributed by atoms with Gasteiger partial charge in [0, 0.05) is 20.1 Å². The molecule has 0 heterocycles. The summed E-state index contributed by atoms with van der Waals surface area (Å²) in [5.74, 6) is 0. The first-order valence-corrected chi connectivity index (χ1v) is 5.36. The fourth-order valence-electron chi connectivity index (χ4n) is 1.70. The molecule has 0 aromatic heterocycles. The fraction of sp³-hybridized carbons (Fsp3) is 0.900. The highest BCUT2D eigenvalue weighted by Gasteiger charge is 2.19. The highest BCUT2D eigenvalue weighted by molar-refractivity contribution is 5.67. The molecule has 0 bridgehead atoms. The van der Waals surface area contributed by atoms with Crippen molar-refractivity contribution in [1.82, 2.24) is 4.90 Å². The maximum absolute atomic E-state index is 11.4. The predicted molar refractivity (Wildman–Crippen MR) is 55.0 cm³/mol. The smallest absolute Gasteiger partial charge is 0.409 e. The van der Waals surface area contributed by atoms with Crippen LogP contribution in [0.3, 0.4) is 0 Å². The first kappa shape index (κ1) is 11.3. The zero-order valence-electron chi connectivity index (χ0n) is 8.87. The number of amides is 1. The third-order valence-corrected chi connectivity index (χ3v) is 2.60. The Morgan fingerprint density at radius 3 is 2.64 bits per heavy atom. The lowest BCUT2D eigenvalue weighted by Gasteiger charge is -2.24. The number of carbonyl (C=O) groups is 1. The first-order chi connectivity index (χ1) is 6.74. The first-order valence-electron chi connectivity index (χ1n) is 5.36. The number of carbonyl (C=O) groups excluding carboxylic acids is 1. The molecule has 4 heteroatoms. The summed E-state index contributed by atoms with van der Waals surface area (Å²) in [6, 6.07) is 0. The topological polar surface area (TPSA) is 55.6 Å². The van der Waals surface area contributed by atoms with Crippen LogP contribution >= 0.6 is 0 Å². The normalized spacial score (nSPS) is 17.9. The van der Waals surface area contributed by atoms with Crippen LogP contribution in [-0.2, 0) is 4.74 Å². The molecule has 0 aromatic carbocycles. The highest BCUT2D eigenvalue weighted by Crippen LogP contribution is 2.20. The average Bonchev–Trinajstić information content (AvgIpc) is 2.19. The molecule has 1 fully saturated rings. The molecule has 0 unspecified atom stereocenters. The van der Waals surface area contributed by atoms with Crippen molar-refractivity contribution in [1.29, 1.82) is 0 Å². The molecule has 0 spiro atoms. The average molecular weight is 200 g/mol. The Bertz CT molecular complexity index is 179. The summed E-state index contributed by atoms with van der Waals surface area (Å²) in [6.07, 6.45) is 5.56. The molecule has 2 N–H and O–H groups in total. The van der Waals surface area contributed by atoms with Gasteiger partial charge in [0.1, 0.15) is 6.10 Å². The molecule has 82 valence electrons. The van der Waals surface area contributed by atoms with Crippen LogP contribution in [0.4, 0.5) is 4.79 Å². The van der Waals surface area contributed by atoms with Crippen LogP contribution in [0.5, 0.6) is 0 Å². The molecule has 1 rings (SSSR count). The van der Waals surface area contributed by atoms with Crippen LogP contribution < -0.4 is 5.73 Å². The Kier molecular flexibility index (Phi) is 4.73. The number of ether oxygens (including phenoxy) is 1. The maximum atomic E-state index is 11.4. The summed E-state index contributed by atoms with van der Waals surface area (Å²) in [4.78, 5) is 13.0. The quantitative estimate of drug-likeness (QED) is 0.748. The van der Waals surface area contributed by atoms with Gasteiger partial charge in [-0.05, 0) is 25.7 Å². The molecule has 0 saturated heterocycles. The van der Waals surface area contributed by atoms with Gasteiger partial charge in [-0.1, -0.05) is 6.42 Å². The second-order valence-corrected chi connectivity index (χ2v) is 3.85. The fourth-order valence-corrected chi connectivity index (χ4v) is 1.70. The summed E-state index contributed by atoms with van der Waals surface area (Å²) in [5.41, 5.74) is 5.35. The summed E-state index contributed by atoms with van der Waals surface area (Å²) in [7, 11) is 1.72. The van der Waals surface area contributed by atoms with Crippen LogP contribution in [0.1, 0.15) is 32.1 Å². The van der Waals surface area contributed by atoms with Crippen LogP contribution in [0.25, 0.3) is 0 Å². The van der Waals surface area contributed by atoms with Crippen molar-refractivity contribution in [3.63, 3.8) is 0 Å². The number of hydrogen-bond donors (Lipinski definition) is 1. The second kappa shape index (κ2) is 5.86. The lowest BCUT2D eigenvalue weighted by atomic mass is 9.98. The number of rotatable bonds is 3. The molecule has 1 amide bonds. The molecule has 4 nitrogen and oxygen atoms in total. The molecule has 0 aromatic rings. The van der Waals surface area contributed by atoms with E-state index in [1.165, 1.54) is 24.2 Å². The lowest BCUT2D eigenvalue weighted by Crippen LogP contribution is -2.35. The van der Waals surface area contributed by atoms with E-state index in [2.05, 4.69) is 0 Å². The Labute approximate surface area is 85.4 Å². The lowest BCUT2D eigenvalue weighted by molar-refractivity contribution is 0.0518. The van der Waals surface area contributed by atoms with Crippen LogP contribution in [0.2, 0.25) is 0 Å². The van der Waals surface area contributed by atoms with Gasteiger partial charge in [0.2, 0.25) is 0 Å². The third-order valence-electron chi connectivity index (χ3n) is 2.60. The van der Waals surface area contributed by atoms with Gasteiger partial charge in [-0.3, -0.25) is 0 Å². The molecule has 1 saturated carbocycles. The number of nitrogens with zero attached hydrogens (tertiary/aromatic N) is 1. The second-order valence-electron chi connectivity index (χ2n) is 3.85. The van der Waals surface area contributed by atoms with Gasteiger partial charge in [0.05, 0.1) is 0 Å². The van der Waals surface area contributed by atoms with Crippen LogP contribution in [0, 0.1) is 0 Å². The van der Waals surface area contributed by atoms with Gasteiger partial charge in [0.15, 0.2) is 0 Å². The van der Waals surface area contributed by atoms with E-state index in [-0.39, 0.29) is 12.2 Å². The van der Waals surface area contributed by atoms with Crippen molar-refractivity contribution >= 4 is 6.09 Å². The summed E-state index contributed by atoms with van der Waals surface area (Å²) < 4.78 is 5.34. The Balaban J connectivity index is 2.24. The molecule has 14 heavy (non-hydrogen) atoms. The van der Waals surface area contributed by atoms with Gasteiger partial charge >= 0.3 is 6.09 Å². The number of hydrogen-bond acceptors (Lipinski definition) is 3. The summed E-state index contributed by atoms with van der Waals surface area (Å²) in [5, 5.41) is 0. The van der Waals surface area contributed by atoms with E-state index in [4.69, 9.17) is 10.5 Å². The maximum Gasteiger partial charge on any atom is 0.409 e. The van der Waals surface area contributed by atoms with Gasteiger partial charge in [-0.25, -0.2) is 4.79 Å². The Morgan fingerprint density at radius 1 is 1.43 bits per heavy atom. The van der Waals surface area contributed by atoms with E-state index in [0.717, 1.165) is 12.8 Å². The van der Waals surface area contributed by atoms with Crippen molar-refractivity contribution < 1.29 is 9.53 Å². The molecule has 1 aliphatic rings. The third kappa shape index (κ3) is 3.54. The van der Waals surface area contributed by atoms with Crippen molar-refractivity contribution in [3.05, 3.63) is 0 Å². The predicted octanol–water partition coefficient (Wildman–Crippen LogP) is 1.35. The van der Waals surface area contributed by atoms with E-state index in [0.29, 0.717) is 13.1 Å². The summed E-state index contributed by atoms with van der Waals surface area (Å²) >= 11 is 0. The SMILES string of the molecule is CN(CCN)C(=O)OC1CCCCC1. The monoisotopic (exact) mass is 200 g/mol. The van der Waals surface area contributed by atoms with E-state index >= 15 is 0 Å². The minimum absolute atomic E-state index is 0.136. The summed E-state index contributed by atoms with van der Waals surface area (Å²) in [6.45, 7) is 1.04. The zero-order valence-corrected chi connectivity index (χ0v) is 8.87. The van der Waals surface area contributed by atoms with E-state index in [1.54, 1.807) is 7.05 Å². The molecular weight excluding hydrogens is 180 g/mol. The van der Waals surface area contributed by atoms with Gasteiger partial charge in [-0.15, -0.1) is 0 Å². The van der Waals surface area contributed by atoms with E-state index < -0.39 is 0 Å². The van der Waals surface area contributed by atoms with Crippen LogP contribution in [0.15, 0.2) is 0 Å². The molecule has 1 aliphatic carbocycles. The minimum atomic E-state index is -0.234. The highest BCUT2D eigenvalue weighted by atomic mass is 16.6. The van der Waals surface area contributed by atoms with Crippen molar-refractivity contribution in [2.45, 2.75) is 38.2 Å². The van der Waals surface area contributed by atoms with Crippen molar-refractivity contribution in [2.24, 2.45) is 5.73 Å². The van der Waals surface area contributed by atoms with Crippen molar-refractivity contribution in [3.8, 4) is 0 Å². The van der Waals surface area contributed by atoms with Crippen LogP contribution in [-0.4, -0.2) is 37.2 Å². The van der Waals surface area contributed by atoms with Crippen molar-refractivity contribution in [2.75, 3.05) is 20.1 Å². The largest absolute Gasteiger partial charge is 0.446 e. The van der Waals surface area contributed by atoms with Gasteiger partial charge < -0.3 is 15.4 Å². The molecule has 0 atom stereocenters. The van der Waals surface area contributed by atoms with Gasteiger partial charge in [0.25, 0.3) is 0 Å². The zero-order chi connectivity index (χ0) is 10.4. The van der Waals surface area contributed by atoms with E-state index in [1.807, 2.05) is 0 Å². The molecule has 0 radical (unpaired) electrons. The minimum Gasteiger partial charge on any atom is -0.446 e. The molecular formula is C10H20N2O2. The number of likely N-dealkylation sites (N-methyl/N-ethyl adjacent to an activating group) is 1.